The van der Waals surface area contributed by atoms with Gasteiger partial charge in [-0.2, -0.15) is 0 Å². The van der Waals surface area contributed by atoms with Gasteiger partial charge in [-0.05, 0) is 43.5 Å². The molecule has 6 heteroatoms. The van der Waals surface area contributed by atoms with Crippen molar-refractivity contribution >= 4 is 29.7 Å². The smallest absolute Gasteiger partial charge is 0.261 e. The molecule has 1 aromatic heterocycles. The summed E-state index contributed by atoms with van der Waals surface area (Å²) in [5.74, 6) is 0.801. The molecular weight excluding hydrogens is 296 g/mol. The lowest BCUT2D eigenvalue weighted by atomic mass is 10.1. The van der Waals surface area contributed by atoms with Crippen molar-refractivity contribution in [1.29, 1.82) is 0 Å². The molecule has 0 saturated carbocycles. The van der Waals surface area contributed by atoms with Crippen LogP contribution in [0.2, 0.25) is 0 Å². The number of rotatable bonds is 4. The van der Waals surface area contributed by atoms with Crippen molar-refractivity contribution in [3.8, 4) is 0 Å². The second-order valence-electron chi connectivity index (χ2n) is 5.27. The minimum Gasteiger partial charge on any atom is -0.376 e. The zero-order valence-corrected chi connectivity index (χ0v) is 13.1. The first-order valence-electron chi connectivity index (χ1n) is 7.01. The number of hydrogen-bond donors (Lipinski definition) is 2. The summed E-state index contributed by atoms with van der Waals surface area (Å²) < 4.78 is 5.41. The maximum Gasteiger partial charge on any atom is 0.261 e. The van der Waals surface area contributed by atoms with E-state index in [0.717, 1.165) is 49.9 Å². The predicted octanol–water partition coefficient (Wildman–Crippen LogP) is 1.97. The molecule has 2 aliphatic rings. The normalized spacial score (nSPS) is 21.1. The number of amides is 1. The third-order valence-corrected chi connectivity index (χ3v) is 5.09. The van der Waals surface area contributed by atoms with Crippen molar-refractivity contribution in [1.82, 2.24) is 10.6 Å². The van der Waals surface area contributed by atoms with Gasteiger partial charge in [0.15, 0.2) is 0 Å². The van der Waals surface area contributed by atoms with Crippen molar-refractivity contribution in [2.75, 3.05) is 26.2 Å². The summed E-state index contributed by atoms with van der Waals surface area (Å²) >= 11 is 1.62. The Labute approximate surface area is 129 Å². The average Bonchev–Trinajstić information content (AvgIpc) is 3.07. The molecule has 1 saturated heterocycles. The lowest BCUT2D eigenvalue weighted by Gasteiger charge is -2.10. The van der Waals surface area contributed by atoms with Crippen LogP contribution in [0.25, 0.3) is 0 Å². The van der Waals surface area contributed by atoms with Crippen LogP contribution >= 0.6 is 23.7 Å². The Kier molecular flexibility index (Phi) is 5.84. The molecule has 112 valence electrons. The van der Waals surface area contributed by atoms with Crippen molar-refractivity contribution < 1.29 is 9.53 Å². The summed E-state index contributed by atoms with van der Waals surface area (Å²) in [6.45, 7) is 4.44. The van der Waals surface area contributed by atoms with E-state index in [0.29, 0.717) is 6.61 Å². The van der Waals surface area contributed by atoms with E-state index in [-0.39, 0.29) is 18.3 Å². The Morgan fingerprint density at radius 3 is 3.20 bits per heavy atom. The van der Waals surface area contributed by atoms with Gasteiger partial charge in [0.05, 0.1) is 18.1 Å². The largest absolute Gasteiger partial charge is 0.376 e. The molecule has 0 aliphatic carbocycles. The maximum atomic E-state index is 12.1. The molecule has 0 spiro atoms. The van der Waals surface area contributed by atoms with Gasteiger partial charge in [0.2, 0.25) is 0 Å². The first-order valence-corrected chi connectivity index (χ1v) is 7.83. The zero-order chi connectivity index (χ0) is 13.1. The van der Waals surface area contributed by atoms with E-state index < -0.39 is 0 Å². The number of thiophene rings is 1. The fourth-order valence-corrected chi connectivity index (χ4v) is 3.76. The van der Waals surface area contributed by atoms with Gasteiger partial charge in [-0.1, -0.05) is 0 Å². The van der Waals surface area contributed by atoms with E-state index in [1.165, 1.54) is 16.9 Å². The molecule has 2 N–H and O–H groups in total. The van der Waals surface area contributed by atoms with Gasteiger partial charge >= 0.3 is 0 Å². The highest BCUT2D eigenvalue weighted by atomic mass is 35.5. The Morgan fingerprint density at radius 1 is 1.55 bits per heavy atom. The summed E-state index contributed by atoms with van der Waals surface area (Å²) in [5.41, 5.74) is 1.20. The van der Waals surface area contributed by atoms with E-state index >= 15 is 0 Å². The van der Waals surface area contributed by atoms with Crippen LogP contribution in [0, 0.1) is 5.92 Å². The van der Waals surface area contributed by atoms with Gasteiger partial charge in [0.25, 0.3) is 5.91 Å². The second-order valence-corrected chi connectivity index (χ2v) is 6.40. The second kappa shape index (κ2) is 7.41. The van der Waals surface area contributed by atoms with E-state index in [1.807, 2.05) is 6.07 Å². The molecule has 1 amide bonds. The zero-order valence-electron chi connectivity index (χ0n) is 11.4. The lowest BCUT2D eigenvalue weighted by molar-refractivity contribution is 0.0955. The van der Waals surface area contributed by atoms with E-state index in [9.17, 15) is 4.79 Å². The fourth-order valence-electron chi connectivity index (χ4n) is 2.70. The molecule has 1 atom stereocenters. The van der Waals surface area contributed by atoms with Gasteiger partial charge in [-0.3, -0.25) is 4.79 Å². The molecule has 1 fully saturated rings. The fraction of sp³-hybridized carbons (Fsp3) is 0.643. The number of ether oxygens (including phenoxy) is 1. The van der Waals surface area contributed by atoms with Gasteiger partial charge in [-0.25, -0.2) is 0 Å². The summed E-state index contributed by atoms with van der Waals surface area (Å²) in [4.78, 5) is 14.2. The highest BCUT2D eigenvalue weighted by Crippen LogP contribution is 2.26. The first kappa shape index (κ1) is 15.8. The number of carbonyl (C=O) groups is 1. The van der Waals surface area contributed by atoms with Crippen LogP contribution in [0.15, 0.2) is 6.07 Å². The van der Waals surface area contributed by atoms with E-state index in [1.54, 1.807) is 11.3 Å². The van der Waals surface area contributed by atoms with Crippen LogP contribution in [-0.4, -0.2) is 32.1 Å². The van der Waals surface area contributed by atoms with Crippen LogP contribution in [0.5, 0.6) is 0 Å². The van der Waals surface area contributed by atoms with Gasteiger partial charge < -0.3 is 15.4 Å². The van der Waals surface area contributed by atoms with E-state index in [4.69, 9.17) is 4.74 Å². The highest BCUT2D eigenvalue weighted by Gasteiger charge is 2.18. The third-order valence-electron chi connectivity index (χ3n) is 3.85. The monoisotopic (exact) mass is 316 g/mol. The van der Waals surface area contributed by atoms with Crippen LogP contribution in [0.3, 0.4) is 0 Å². The van der Waals surface area contributed by atoms with Crippen LogP contribution in [0.4, 0.5) is 0 Å². The standard InChI is InChI=1S/C14H20N2O2S.ClH/c17-14(16-5-2-10-1-4-15-8-10)13-7-11-9-18-6-3-12(11)19-13;/h7,10,15H,1-6,8-9H2,(H,16,17);1H. The number of hydrogen-bond acceptors (Lipinski definition) is 4. The van der Waals surface area contributed by atoms with Crippen LogP contribution < -0.4 is 10.6 Å². The Bertz CT molecular complexity index is 435. The molecule has 3 rings (SSSR count). The average molecular weight is 317 g/mol. The molecule has 4 nitrogen and oxygen atoms in total. The predicted molar refractivity (Wildman–Crippen MR) is 82.9 cm³/mol. The molecule has 20 heavy (non-hydrogen) atoms. The Hall–Kier alpha value is -0.620. The summed E-state index contributed by atoms with van der Waals surface area (Å²) in [6.07, 6.45) is 3.26. The third kappa shape index (κ3) is 3.73. The molecule has 1 unspecified atom stereocenters. The van der Waals surface area contributed by atoms with Crippen molar-refractivity contribution in [2.45, 2.75) is 25.9 Å². The minimum absolute atomic E-state index is 0. The number of nitrogens with one attached hydrogen (secondary N) is 2. The molecule has 0 aromatic carbocycles. The Morgan fingerprint density at radius 2 is 2.45 bits per heavy atom. The van der Waals surface area contributed by atoms with Gasteiger partial charge in [0, 0.05) is 17.8 Å². The van der Waals surface area contributed by atoms with Crippen LogP contribution in [0.1, 0.15) is 33.0 Å². The summed E-state index contributed by atoms with van der Waals surface area (Å²) in [7, 11) is 0. The molecule has 3 heterocycles. The summed E-state index contributed by atoms with van der Waals surface area (Å²) in [5, 5.41) is 6.39. The van der Waals surface area contributed by atoms with Crippen molar-refractivity contribution in [3.05, 3.63) is 21.4 Å². The number of fused-ring (bicyclic) bond motifs is 1. The molecule has 0 bridgehead atoms. The van der Waals surface area contributed by atoms with Crippen molar-refractivity contribution in [2.24, 2.45) is 5.92 Å². The topological polar surface area (TPSA) is 50.4 Å². The van der Waals surface area contributed by atoms with Gasteiger partial charge in [-0.15, -0.1) is 23.7 Å². The number of halogens is 1. The molecule has 1 aromatic rings. The SMILES string of the molecule is Cl.O=C(NCCC1CCNC1)c1cc2c(s1)CCOC2. The number of carbonyl (C=O) groups excluding carboxylic acids is 1. The first-order chi connectivity index (χ1) is 9.33. The van der Waals surface area contributed by atoms with E-state index in [2.05, 4.69) is 10.6 Å². The van der Waals surface area contributed by atoms with Crippen molar-refractivity contribution in [3.63, 3.8) is 0 Å². The maximum absolute atomic E-state index is 12.1. The Balaban J connectivity index is 0.00000147. The lowest BCUT2D eigenvalue weighted by Crippen LogP contribution is -2.25. The molecule has 2 aliphatic heterocycles. The molecule has 0 radical (unpaired) electrons. The highest BCUT2D eigenvalue weighted by molar-refractivity contribution is 7.14. The quantitative estimate of drug-likeness (QED) is 0.893. The minimum atomic E-state index is 0. The summed E-state index contributed by atoms with van der Waals surface area (Å²) in [6, 6.07) is 1.99. The van der Waals surface area contributed by atoms with Crippen LogP contribution in [-0.2, 0) is 17.8 Å². The van der Waals surface area contributed by atoms with Gasteiger partial charge in [0.1, 0.15) is 0 Å². The molecular formula is C14H21ClN2O2S.